The van der Waals surface area contributed by atoms with E-state index >= 15 is 0 Å². The molecule has 0 radical (unpaired) electrons. The molecule has 1 aliphatic rings. The Morgan fingerprint density at radius 3 is 2.85 bits per heavy atom. The van der Waals surface area contributed by atoms with Gasteiger partial charge in [0, 0.05) is 6.04 Å². The molecule has 110 valence electrons. The number of hydrogen-bond donors (Lipinski definition) is 2. The first-order valence-corrected chi connectivity index (χ1v) is 8.27. The van der Waals surface area contributed by atoms with Gasteiger partial charge in [0.2, 0.25) is 0 Å². The molecule has 2 rings (SSSR count). The molecule has 1 unspecified atom stereocenters. The van der Waals surface area contributed by atoms with E-state index in [-0.39, 0.29) is 23.5 Å². The van der Waals surface area contributed by atoms with Crippen LogP contribution in [0.2, 0.25) is 0 Å². The molecular weight excluding hydrogens is 280 g/mol. The van der Waals surface area contributed by atoms with Gasteiger partial charge in [-0.05, 0) is 25.5 Å². The molecule has 0 bridgehead atoms. The second-order valence-corrected chi connectivity index (χ2v) is 6.96. The lowest BCUT2D eigenvalue weighted by Gasteiger charge is -2.15. The van der Waals surface area contributed by atoms with Crippen LogP contribution < -0.4 is 15.8 Å². The average Bonchev–Trinajstić information content (AvgIpc) is 2.71. The van der Waals surface area contributed by atoms with Crippen molar-refractivity contribution in [3.63, 3.8) is 0 Å². The maximum absolute atomic E-state index is 12.2. The Morgan fingerprint density at radius 2 is 2.25 bits per heavy atom. The highest BCUT2D eigenvalue weighted by atomic mass is 32.2. The number of carbonyl (C=O) groups excluding carboxylic acids is 1. The number of hydrogen-bond acceptors (Lipinski definition) is 5. The van der Waals surface area contributed by atoms with Gasteiger partial charge in [0.05, 0.1) is 29.4 Å². The minimum Gasteiger partial charge on any atom is -0.491 e. The number of nitrogens with one attached hydrogen (secondary N) is 1. The topological polar surface area (TPSA) is 98.5 Å². The number of rotatable bonds is 4. The minimum atomic E-state index is -3.02. The lowest BCUT2D eigenvalue weighted by molar-refractivity contribution is 0.0937. The third kappa shape index (κ3) is 3.22. The Kier molecular flexibility index (Phi) is 4.17. The van der Waals surface area contributed by atoms with E-state index in [0.29, 0.717) is 30.0 Å². The third-order valence-electron chi connectivity index (χ3n) is 3.15. The molecule has 1 aromatic rings. The number of carbonyl (C=O) groups is 1. The number of ether oxygens (including phenoxy) is 1. The Bertz CT molecular complexity index is 613. The maximum atomic E-state index is 12.2. The molecule has 1 atom stereocenters. The van der Waals surface area contributed by atoms with Gasteiger partial charge < -0.3 is 15.8 Å². The summed E-state index contributed by atoms with van der Waals surface area (Å²) in [6.45, 7) is 2.20. The summed E-state index contributed by atoms with van der Waals surface area (Å²) in [5, 5.41) is 2.72. The summed E-state index contributed by atoms with van der Waals surface area (Å²) in [4.78, 5) is 12.2. The number of benzene rings is 1. The van der Waals surface area contributed by atoms with Gasteiger partial charge in [-0.25, -0.2) is 8.42 Å². The first-order valence-electron chi connectivity index (χ1n) is 6.45. The van der Waals surface area contributed by atoms with E-state index in [1.54, 1.807) is 25.1 Å². The van der Waals surface area contributed by atoms with Gasteiger partial charge in [-0.15, -0.1) is 0 Å². The average molecular weight is 298 g/mol. The van der Waals surface area contributed by atoms with Crippen molar-refractivity contribution in [1.82, 2.24) is 5.32 Å². The van der Waals surface area contributed by atoms with Gasteiger partial charge in [-0.3, -0.25) is 4.79 Å². The first-order chi connectivity index (χ1) is 9.43. The van der Waals surface area contributed by atoms with Gasteiger partial charge in [-0.2, -0.15) is 0 Å². The molecule has 3 N–H and O–H groups in total. The van der Waals surface area contributed by atoms with E-state index in [4.69, 9.17) is 10.5 Å². The molecule has 7 heteroatoms. The van der Waals surface area contributed by atoms with Gasteiger partial charge in [-0.1, -0.05) is 6.07 Å². The zero-order valence-corrected chi connectivity index (χ0v) is 12.1. The molecule has 0 saturated carbocycles. The second-order valence-electron chi connectivity index (χ2n) is 4.73. The molecule has 1 aliphatic heterocycles. The molecule has 1 aromatic carbocycles. The SMILES string of the molecule is CCOc1c(N)cccc1C(=O)NC1CCS(=O)(=O)C1. The summed E-state index contributed by atoms with van der Waals surface area (Å²) in [6, 6.07) is 4.59. The summed E-state index contributed by atoms with van der Waals surface area (Å²) in [5.74, 6) is 0.0919. The van der Waals surface area contributed by atoms with Crippen molar-refractivity contribution in [2.45, 2.75) is 19.4 Å². The summed E-state index contributed by atoms with van der Waals surface area (Å²) in [7, 11) is -3.02. The fraction of sp³-hybridized carbons (Fsp3) is 0.462. The van der Waals surface area contributed by atoms with Crippen LogP contribution in [0.4, 0.5) is 5.69 Å². The Morgan fingerprint density at radius 1 is 1.50 bits per heavy atom. The van der Waals surface area contributed by atoms with Crippen LogP contribution in [-0.2, 0) is 9.84 Å². The van der Waals surface area contributed by atoms with Crippen molar-refractivity contribution in [3.05, 3.63) is 23.8 Å². The number of amides is 1. The van der Waals surface area contributed by atoms with Gasteiger partial charge in [0.1, 0.15) is 0 Å². The van der Waals surface area contributed by atoms with Crippen molar-refractivity contribution in [1.29, 1.82) is 0 Å². The van der Waals surface area contributed by atoms with Crippen molar-refractivity contribution in [2.24, 2.45) is 0 Å². The molecule has 0 spiro atoms. The van der Waals surface area contributed by atoms with Crippen LogP contribution in [0, 0.1) is 0 Å². The van der Waals surface area contributed by atoms with Crippen LogP contribution in [0.3, 0.4) is 0 Å². The van der Waals surface area contributed by atoms with Gasteiger partial charge in [0.25, 0.3) is 5.91 Å². The third-order valence-corrected chi connectivity index (χ3v) is 4.91. The van der Waals surface area contributed by atoms with Crippen LogP contribution in [0.15, 0.2) is 18.2 Å². The first kappa shape index (κ1) is 14.6. The van der Waals surface area contributed by atoms with Crippen molar-refractivity contribution >= 4 is 21.4 Å². The number of nitrogens with two attached hydrogens (primary N) is 1. The van der Waals surface area contributed by atoms with E-state index < -0.39 is 9.84 Å². The van der Waals surface area contributed by atoms with Crippen molar-refractivity contribution in [2.75, 3.05) is 23.8 Å². The second kappa shape index (κ2) is 5.70. The number of nitrogen functional groups attached to an aromatic ring is 1. The number of sulfone groups is 1. The largest absolute Gasteiger partial charge is 0.491 e. The van der Waals surface area contributed by atoms with Crippen molar-refractivity contribution < 1.29 is 17.9 Å². The fourth-order valence-corrected chi connectivity index (χ4v) is 3.88. The summed E-state index contributed by atoms with van der Waals surface area (Å²) in [6.07, 6.45) is 0.445. The predicted molar refractivity (Wildman–Crippen MR) is 76.5 cm³/mol. The molecule has 1 amide bonds. The van der Waals surface area contributed by atoms with Crippen LogP contribution in [0.1, 0.15) is 23.7 Å². The van der Waals surface area contributed by atoms with Gasteiger partial charge >= 0.3 is 0 Å². The van der Waals surface area contributed by atoms with Crippen molar-refractivity contribution in [3.8, 4) is 5.75 Å². The zero-order valence-electron chi connectivity index (χ0n) is 11.3. The molecular formula is C13H18N2O4S. The Balaban J connectivity index is 2.15. The van der Waals surface area contributed by atoms with Crippen LogP contribution >= 0.6 is 0 Å². The van der Waals surface area contributed by atoms with E-state index in [0.717, 1.165) is 0 Å². The monoisotopic (exact) mass is 298 g/mol. The summed E-state index contributed by atoms with van der Waals surface area (Å²) in [5.41, 5.74) is 6.51. The molecule has 1 heterocycles. The molecule has 20 heavy (non-hydrogen) atoms. The zero-order chi connectivity index (χ0) is 14.8. The van der Waals surface area contributed by atoms with E-state index in [2.05, 4.69) is 5.32 Å². The smallest absolute Gasteiger partial charge is 0.255 e. The Hall–Kier alpha value is -1.76. The van der Waals surface area contributed by atoms with E-state index in [1.807, 2.05) is 0 Å². The lowest BCUT2D eigenvalue weighted by atomic mass is 10.1. The maximum Gasteiger partial charge on any atom is 0.255 e. The summed E-state index contributed by atoms with van der Waals surface area (Å²) < 4.78 is 28.2. The van der Waals surface area contributed by atoms with E-state index in [1.165, 1.54) is 0 Å². The molecule has 1 fully saturated rings. The number of para-hydroxylation sites is 1. The summed E-state index contributed by atoms with van der Waals surface area (Å²) >= 11 is 0. The van der Waals surface area contributed by atoms with Crippen LogP contribution in [-0.4, -0.2) is 38.5 Å². The normalized spacial score (nSPS) is 20.6. The minimum absolute atomic E-state index is 0.00890. The number of anilines is 1. The molecule has 6 nitrogen and oxygen atoms in total. The van der Waals surface area contributed by atoms with Crippen LogP contribution in [0.5, 0.6) is 5.75 Å². The predicted octanol–water partition coefficient (Wildman–Crippen LogP) is 0.584. The molecule has 0 aliphatic carbocycles. The lowest BCUT2D eigenvalue weighted by Crippen LogP contribution is -2.35. The quantitative estimate of drug-likeness (QED) is 0.792. The standard InChI is InChI=1S/C13H18N2O4S/c1-2-19-12-10(4-3-5-11(12)14)13(16)15-9-6-7-20(17,18)8-9/h3-5,9H,2,6-8,14H2,1H3,(H,15,16). The highest BCUT2D eigenvalue weighted by Gasteiger charge is 2.29. The highest BCUT2D eigenvalue weighted by Crippen LogP contribution is 2.26. The Labute approximate surface area is 118 Å². The fourth-order valence-electron chi connectivity index (χ4n) is 2.21. The highest BCUT2D eigenvalue weighted by molar-refractivity contribution is 7.91. The van der Waals surface area contributed by atoms with Crippen LogP contribution in [0.25, 0.3) is 0 Å². The van der Waals surface area contributed by atoms with E-state index in [9.17, 15) is 13.2 Å². The van der Waals surface area contributed by atoms with Gasteiger partial charge in [0.15, 0.2) is 15.6 Å². The molecule has 0 aromatic heterocycles. The molecule has 1 saturated heterocycles.